The first-order valence-electron chi connectivity index (χ1n) is 9.46. The molecular formula is C21H23ClN5O3+. The van der Waals surface area contributed by atoms with Gasteiger partial charge >= 0.3 is 12.0 Å². The highest BCUT2D eigenvalue weighted by atomic mass is 35.5. The summed E-state index contributed by atoms with van der Waals surface area (Å²) in [6, 6.07) is 4.20. The summed E-state index contributed by atoms with van der Waals surface area (Å²) in [4.78, 5) is 33.5. The fourth-order valence-corrected chi connectivity index (χ4v) is 4.14. The van der Waals surface area contributed by atoms with E-state index in [2.05, 4.69) is 6.58 Å². The smallest absolute Gasteiger partial charge is 0.407 e. The monoisotopic (exact) mass is 428 g/mol. The van der Waals surface area contributed by atoms with Crippen molar-refractivity contribution in [1.82, 2.24) is 14.4 Å². The Labute approximate surface area is 179 Å². The van der Waals surface area contributed by atoms with Crippen molar-refractivity contribution in [3.05, 3.63) is 46.8 Å². The maximum Gasteiger partial charge on any atom is 0.407 e. The number of hydrogen-bond donors (Lipinski definition) is 0. The standard InChI is InChI=1S/C21H23ClN5O3/c1-11(2)10-25-19(28)17-18(24(5)21(25)29)23-20-26(12(3)13(4)27(17)20)15-9-14(22)7-8-16(15)30-6/h7-9,17H,1,10H2,2-6H3/q+1. The number of hydrogen-bond acceptors (Lipinski definition) is 4. The van der Waals surface area contributed by atoms with Crippen molar-refractivity contribution in [1.29, 1.82) is 0 Å². The van der Waals surface area contributed by atoms with Gasteiger partial charge in [-0.05, 0) is 32.9 Å². The minimum Gasteiger partial charge on any atom is -0.493 e. The lowest BCUT2D eigenvalue weighted by molar-refractivity contribution is -0.682. The van der Waals surface area contributed by atoms with Gasteiger partial charge in [-0.25, -0.2) is 9.36 Å². The third-order valence-electron chi connectivity index (χ3n) is 5.52. The molecule has 2 aromatic rings. The van der Waals surface area contributed by atoms with E-state index >= 15 is 0 Å². The summed E-state index contributed by atoms with van der Waals surface area (Å²) < 4.78 is 9.30. The van der Waals surface area contributed by atoms with E-state index in [1.54, 1.807) is 39.3 Å². The Bertz CT molecular complexity index is 1150. The van der Waals surface area contributed by atoms with Gasteiger partial charge in [-0.3, -0.25) is 14.6 Å². The highest BCUT2D eigenvalue weighted by Crippen LogP contribution is 2.36. The molecule has 2 aliphatic rings. The quantitative estimate of drug-likeness (QED) is 0.555. The third kappa shape index (κ3) is 2.74. The van der Waals surface area contributed by atoms with E-state index < -0.39 is 12.1 Å². The van der Waals surface area contributed by atoms with Gasteiger partial charge < -0.3 is 4.74 Å². The largest absolute Gasteiger partial charge is 0.493 e. The molecule has 1 saturated heterocycles. The van der Waals surface area contributed by atoms with Gasteiger partial charge in [0.2, 0.25) is 11.9 Å². The van der Waals surface area contributed by atoms with E-state index in [0.717, 1.165) is 17.0 Å². The fourth-order valence-electron chi connectivity index (χ4n) is 3.98. The van der Waals surface area contributed by atoms with Gasteiger partial charge in [-0.2, -0.15) is 4.57 Å². The molecule has 156 valence electrons. The van der Waals surface area contributed by atoms with E-state index in [9.17, 15) is 9.59 Å². The molecule has 0 spiro atoms. The maximum atomic E-state index is 13.3. The van der Waals surface area contributed by atoms with Gasteiger partial charge in [-0.1, -0.05) is 28.7 Å². The predicted octanol–water partition coefficient (Wildman–Crippen LogP) is 3.10. The highest BCUT2D eigenvalue weighted by Gasteiger charge is 2.54. The number of aliphatic imine (C=N–C) groups is 1. The zero-order valence-corrected chi connectivity index (χ0v) is 18.3. The van der Waals surface area contributed by atoms with Gasteiger partial charge in [0.1, 0.15) is 11.4 Å². The lowest BCUT2D eigenvalue weighted by Gasteiger charge is -2.33. The Balaban J connectivity index is 1.94. The van der Waals surface area contributed by atoms with Crippen molar-refractivity contribution >= 4 is 35.3 Å². The summed E-state index contributed by atoms with van der Waals surface area (Å²) in [5.41, 5.74) is 3.19. The van der Waals surface area contributed by atoms with E-state index in [4.69, 9.17) is 21.3 Å². The number of rotatable bonds is 4. The van der Waals surface area contributed by atoms with Crippen molar-refractivity contribution in [2.75, 3.05) is 20.7 Å². The van der Waals surface area contributed by atoms with Gasteiger partial charge in [0.25, 0.3) is 5.91 Å². The van der Waals surface area contributed by atoms with Crippen LogP contribution in [0.1, 0.15) is 24.4 Å². The van der Waals surface area contributed by atoms with E-state index in [1.165, 1.54) is 9.80 Å². The molecule has 2 aliphatic heterocycles. The molecule has 3 heterocycles. The second kappa shape index (κ2) is 6.98. The predicted molar refractivity (Wildman–Crippen MR) is 113 cm³/mol. The summed E-state index contributed by atoms with van der Waals surface area (Å²) >= 11 is 6.26. The van der Waals surface area contributed by atoms with Crippen LogP contribution in [0.15, 0.2) is 35.3 Å². The number of fused-ring (bicyclic) bond motifs is 3. The van der Waals surface area contributed by atoms with Crippen LogP contribution < -0.4 is 9.30 Å². The van der Waals surface area contributed by atoms with Crippen molar-refractivity contribution in [2.45, 2.75) is 26.8 Å². The molecule has 1 unspecified atom stereocenters. The zero-order chi connectivity index (χ0) is 21.9. The fraction of sp³-hybridized carbons (Fsp3) is 0.333. The third-order valence-corrected chi connectivity index (χ3v) is 5.76. The van der Waals surface area contributed by atoms with Crippen LogP contribution in [-0.4, -0.2) is 52.8 Å². The SMILES string of the molecule is C=C(C)CN1C(=O)C2C(=Nc3n(-c4cc(Cl)ccc4OC)c(C)c(C)[n+]32)N(C)C1=O. The molecule has 1 aromatic heterocycles. The molecule has 0 bridgehead atoms. The molecule has 3 amide bonds. The second-order valence-corrected chi connectivity index (χ2v) is 8.02. The molecule has 4 rings (SSSR count). The molecule has 1 atom stereocenters. The Morgan fingerprint density at radius 2 is 2.03 bits per heavy atom. The minimum atomic E-state index is -0.716. The first kappa shape index (κ1) is 20.2. The van der Waals surface area contributed by atoms with Crippen LogP contribution >= 0.6 is 11.6 Å². The van der Waals surface area contributed by atoms with Crippen LogP contribution in [-0.2, 0) is 4.79 Å². The zero-order valence-electron chi connectivity index (χ0n) is 17.6. The van der Waals surface area contributed by atoms with Gasteiger partial charge in [-0.15, -0.1) is 0 Å². The average molecular weight is 429 g/mol. The number of amidine groups is 1. The number of imidazole rings is 1. The van der Waals surface area contributed by atoms with Gasteiger partial charge in [0.05, 0.1) is 13.7 Å². The topological polar surface area (TPSA) is 71.0 Å². The van der Waals surface area contributed by atoms with E-state index in [-0.39, 0.29) is 12.5 Å². The van der Waals surface area contributed by atoms with Crippen LogP contribution in [0.3, 0.4) is 0 Å². The summed E-state index contributed by atoms with van der Waals surface area (Å²) in [5.74, 6) is 1.24. The van der Waals surface area contributed by atoms with Crippen LogP contribution in [0.4, 0.5) is 10.7 Å². The van der Waals surface area contributed by atoms with Crippen molar-refractivity contribution in [3.8, 4) is 11.4 Å². The number of imide groups is 1. The molecule has 9 heteroatoms. The number of likely N-dealkylation sites (N-methyl/N-ethyl adjacent to an activating group) is 1. The van der Waals surface area contributed by atoms with Gasteiger partial charge in [0, 0.05) is 18.1 Å². The number of carbonyl (C=O) groups is 2. The molecule has 0 radical (unpaired) electrons. The van der Waals surface area contributed by atoms with Crippen LogP contribution in [0.2, 0.25) is 5.02 Å². The number of ether oxygens (including phenoxy) is 1. The van der Waals surface area contributed by atoms with Crippen molar-refractivity contribution in [2.24, 2.45) is 4.99 Å². The number of halogens is 1. The number of carbonyl (C=O) groups excluding carboxylic acids is 2. The molecule has 1 fully saturated rings. The first-order chi connectivity index (χ1) is 14.2. The molecule has 8 nitrogen and oxygen atoms in total. The Morgan fingerprint density at radius 1 is 1.33 bits per heavy atom. The van der Waals surface area contributed by atoms with Crippen LogP contribution in [0.5, 0.6) is 5.75 Å². The van der Waals surface area contributed by atoms with Crippen LogP contribution in [0.25, 0.3) is 5.69 Å². The van der Waals surface area contributed by atoms with Crippen molar-refractivity contribution < 1.29 is 18.9 Å². The lowest BCUT2D eigenvalue weighted by Crippen LogP contribution is -2.63. The second-order valence-electron chi connectivity index (χ2n) is 7.59. The molecular weight excluding hydrogens is 406 g/mol. The number of amides is 3. The number of aromatic nitrogens is 2. The van der Waals surface area contributed by atoms with Gasteiger partial charge in [0.15, 0.2) is 11.4 Å². The minimum absolute atomic E-state index is 0.169. The Hall–Kier alpha value is -3.13. The van der Waals surface area contributed by atoms with Crippen molar-refractivity contribution in [3.63, 3.8) is 0 Å². The summed E-state index contributed by atoms with van der Waals surface area (Å²) in [6.45, 7) is 9.68. The van der Waals surface area contributed by atoms with E-state index in [0.29, 0.717) is 28.2 Å². The summed E-state index contributed by atoms with van der Waals surface area (Å²) in [6.07, 6.45) is 0. The molecule has 0 aliphatic carbocycles. The van der Waals surface area contributed by atoms with E-state index in [1.807, 2.05) is 23.0 Å². The number of urea groups is 1. The normalized spacial score (nSPS) is 17.8. The molecule has 0 N–H and O–H groups in total. The molecule has 0 saturated carbocycles. The Kier molecular flexibility index (Phi) is 4.69. The lowest BCUT2D eigenvalue weighted by atomic mass is 10.1. The molecule has 1 aromatic carbocycles. The first-order valence-corrected chi connectivity index (χ1v) is 9.84. The number of nitrogens with zero attached hydrogens (tertiary/aromatic N) is 5. The van der Waals surface area contributed by atoms with Crippen LogP contribution in [0, 0.1) is 13.8 Å². The average Bonchev–Trinajstić information content (AvgIpc) is 3.19. The summed E-state index contributed by atoms with van der Waals surface area (Å²) in [7, 11) is 3.22. The number of benzene rings is 1. The maximum absolute atomic E-state index is 13.3. The number of methoxy groups -OCH3 is 1. The molecule has 30 heavy (non-hydrogen) atoms. The highest BCUT2D eigenvalue weighted by molar-refractivity contribution is 6.30. The summed E-state index contributed by atoms with van der Waals surface area (Å²) in [5, 5.41) is 0.550. The Morgan fingerprint density at radius 3 is 2.67 bits per heavy atom.